The van der Waals surface area contributed by atoms with E-state index >= 15 is 0 Å². The summed E-state index contributed by atoms with van der Waals surface area (Å²) in [4.78, 5) is 12.1. The van der Waals surface area contributed by atoms with Crippen molar-refractivity contribution in [2.45, 2.75) is 50.8 Å². The van der Waals surface area contributed by atoms with E-state index in [0.717, 1.165) is 12.1 Å². The molecule has 164 valence electrons. The first kappa shape index (κ1) is 23.2. The molecule has 29 heavy (non-hydrogen) atoms. The molecule has 0 aliphatic heterocycles. The number of rotatable bonds is 10. The van der Waals surface area contributed by atoms with Crippen LogP contribution in [-0.4, -0.2) is 43.1 Å². The van der Waals surface area contributed by atoms with E-state index in [1.165, 1.54) is 12.1 Å². The summed E-state index contributed by atoms with van der Waals surface area (Å²) in [5.41, 5.74) is -2.31. The fourth-order valence-electron chi connectivity index (χ4n) is 2.86. The minimum Gasteiger partial charge on any atom is -0.435 e. The Morgan fingerprint density at radius 3 is 2.34 bits per heavy atom. The Morgan fingerprint density at radius 1 is 1.17 bits per heavy atom. The lowest BCUT2D eigenvalue weighted by Crippen LogP contribution is -2.41. The second-order valence-corrected chi connectivity index (χ2v) is 6.54. The van der Waals surface area contributed by atoms with Crippen LogP contribution in [0.4, 0.5) is 30.7 Å². The van der Waals surface area contributed by atoms with Gasteiger partial charge >= 0.3 is 19.4 Å². The van der Waals surface area contributed by atoms with Gasteiger partial charge in [-0.25, -0.2) is 0 Å². The number of nitrogens with one attached hydrogen (secondary N) is 1. The number of carbonyl (C=O) groups excluding carboxylic acids is 1. The summed E-state index contributed by atoms with van der Waals surface area (Å²) in [7, 11) is 0. The third-order valence-corrected chi connectivity index (χ3v) is 4.58. The molecule has 2 N–H and O–H groups in total. The maximum Gasteiger partial charge on any atom is 0.396 e. The number of carbonyl (C=O) groups is 1. The van der Waals surface area contributed by atoms with Crippen molar-refractivity contribution in [3.05, 3.63) is 29.8 Å². The largest absolute Gasteiger partial charge is 0.435 e. The summed E-state index contributed by atoms with van der Waals surface area (Å²) in [6.45, 7) is -7.15. The quantitative estimate of drug-likeness (QED) is 0.552. The average molecular weight is 433 g/mol. The van der Waals surface area contributed by atoms with Crippen molar-refractivity contribution in [1.82, 2.24) is 5.32 Å². The Hall–Kier alpha value is -2.08. The van der Waals surface area contributed by atoms with Gasteiger partial charge in [0.1, 0.15) is 5.75 Å². The molecule has 0 aromatic heterocycles. The molecule has 2 rings (SSSR count). The lowest BCUT2D eigenvalue weighted by molar-refractivity contribution is -0.214. The lowest BCUT2D eigenvalue weighted by Gasteiger charge is -2.26. The Kier molecular flexibility index (Phi) is 7.33. The summed E-state index contributed by atoms with van der Waals surface area (Å²) in [5, 5.41) is 12.0. The third-order valence-electron chi connectivity index (χ3n) is 4.58. The molecule has 1 saturated carbocycles. The number of aliphatic hydroxyl groups is 1. The van der Waals surface area contributed by atoms with E-state index in [2.05, 4.69) is 14.8 Å². The van der Waals surface area contributed by atoms with Gasteiger partial charge in [-0.15, -0.1) is 0 Å². The van der Waals surface area contributed by atoms with Crippen LogP contribution < -0.4 is 10.1 Å². The molecule has 1 aromatic carbocycles. The first-order chi connectivity index (χ1) is 13.4. The number of benzene rings is 1. The number of aliphatic hydroxyl groups excluding tert-OH is 1. The molecule has 0 bridgehead atoms. The van der Waals surface area contributed by atoms with E-state index < -0.39 is 55.9 Å². The van der Waals surface area contributed by atoms with Crippen LogP contribution in [0.3, 0.4) is 0 Å². The fraction of sp³-hybridized carbons (Fsp3) is 0.588. The SMILES string of the molecule is O=C(CC(O)C1(C(F)(F)F)CC1)NC(COC(F)F)c1cccc(OC(F)F)c1. The van der Waals surface area contributed by atoms with Crippen LogP contribution in [0, 0.1) is 5.41 Å². The van der Waals surface area contributed by atoms with E-state index in [1.807, 2.05) is 0 Å². The smallest absolute Gasteiger partial charge is 0.396 e. The van der Waals surface area contributed by atoms with Gasteiger partial charge in [0.2, 0.25) is 5.91 Å². The van der Waals surface area contributed by atoms with Crippen molar-refractivity contribution < 1.29 is 50.1 Å². The van der Waals surface area contributed by atoms with Crippen LogP contribution in [0.25, 0.3) is 0 Å². The lowest BCUT2D eigenvalue weighted by atomic mass is 9.95. The topological polar surface area (TPSA) is 67.8 Å². The highest BCUT2D eigenvalue weighted by Crippen LogP contribution is 2.60. The zero-order valence-corrected chi connectivity index (χ0v) is 14.8. The van der Waals surface area contributed by atoms with E-state index in [0.29, 0.717) is 0 Å². The monoisotopic (exact) mass is 433 g/mol. The average Bonchev–Trinajstić information content (AvgIpc) is 3.39. The standard InChI is InChI=1S/C17H18F7NO4/c18-14(19)28-8-11(9-2-1-3-10(6-9)29-15(20)21)25-13(27)7-12(26)16(4-5-16)17(22,23)24/h1-3,6,11-12,14-15,26H,4-5,7-8H2,(H,25,27). The van der Waals surface area contributed by atoms with Crippen LogP contribution >= 0.6 is 0 Å². The minimum absolute atomic E-state index is 0.0450. The summed E-state index contributed by atoms with van der Waals surface area (Å²) < 4.78 is 96.8. The molecule has 1 amide bonds. The third kappa shape index (κ3) is 6.20. The van der Waals surface area contributed by atoms with Gasteiger partial charge in [0.25, 0.3) is 0 Å². The normalized spacial score (nSPS) is 17.9. The van der Waals surface area contributed by atoms with Crippen molar-refractivity contribution in [1.29, 1.82) is 0 Å². The number of ether oxygens (including phenoxy) is 2. The van der Waals surface area contributed by atoms with Gasteiger partial charge in [0.05, 0.1) is 30.6 Å². The van der Waals surface area contributed by atoms with Gasteiger partial charge in [0, 0.05) is 0 Å². The molecule has 0 spiro atoms. The maximum absolute atomic E-state index is 13.0. The maximum atomic E-state index is 13.0. The molecular formula is C17H18F7NO4. The molecule has 2 unspecified atom stereocenters. The second-order valence-electron chi connectivity index (χ2n) is 6.54. The molecule has 1 aliphatic carbocycles. The molecule has 1 aromatic rings. The summed E-state index contributed by atoms with van der Waals surface area (Å²) in [6, 6.07) is 3.46. The zero-order chi connectivity index (χ0) is 21.8. The molecular weight excluding hydrogens is 415 g/mol. The van der Waals surface area contributed by atoms with Gasteiger partial charge in [-0.2, -0.15) is 30.7 Å². The number of amides is 1. The number of halogens is 7. The van der Waals surface area contributed by atoms with Crippen molar-refractivity contribution in [2.24, 2.45) is 5.41 Å². The molecule has 1 fully saturated rings. The van der Waals surface area contributed by atoms with Gasteiger partial charge in [-0.05, 0) is 30.5 Å². The first-order valence-corrected chi connectivity index (χ1v) is 8.43. The van der Waals surface area contributed by atoms with Crippen molar-refractivity contribution in [3.63, 3.8) is 0 Å². The first-order valence-electron chi connectivity index (χ1n) is 8.43. The Bertz CT molecular complexity index is 695. The summed E-state index contributed by atoms with van der Waals surface area (Å²) in [5.74, 6) is -1.36. The van der Waals surface area contributed by atoms with Crippen molar-refractivity contribution in [3.8, 4) is 5.75 Å². The van der Waals surface area contributed by atoms with Crippen LogP contribution in [0.15, 0.2) is 24.3 Å². The van der Waals surface area contributed by atoms with E-state index in [9.17, 15) is 40.6 Å². The van der Waals surface area contributed by atoms with Gasteiger partial charge in [-0.3, -0.25) is 4.79 Å². The molecule has 5 nitrogen and oxygen atoms in total. The number of hydrogen-bond donors (Lipinski definition) is 2. The predicted octanol–water partition coefficient (Wildman–Crippen LogP) is 3.78. The van der Waals surface area contributed by atoms with Crippen molar-refractivity contribution in [2.75, 3.05) is 6.61 Å². The molecule has 12 heteroatoms. The zero-order valence-electron chi connectivity index (χ0n) is 14.8. The van der Waals surface area contributed by atoms with E-state index in [4.69, 9.17) is 0 Å². The highest BCUT2D eigenvalue weighted by molar-refractivity contribution is 5.77. The van der Waals surface area contributed by atoms with Crippen LogP contribution in [0.5, 0.6) is 5.75 Å². The molecule has 0 heterocycles. The van der Waals surface area contributed by atoms with Gasteiger partial charge in [-0.1, -0.05) is 12.1 Å². The highest BCUT2D eigenvalue weighted by Gasteiger charge is 2.67. The van der Waals surface area contributed by atoms with Crippen LogP contribution in [0.2, 0.25) is 0 Å². The van der Waals surface area contributed by atoms with E-state index in [1.54, 1.807) is 0 Å². The molecule has 2 atom stereocenters. The Balaban J connectivity index is 2.09. The Morgan fingerprint density at radius 2 is 1.83 bits per heavy atom. The number of alkyl halides is 7. The minimum atomic E-state index is -4.69. The fourth-order valence-corrected chi connectivity index (χ4v) is 2.86. The Labute approximate surface area is 160 Å². The summed E-state index contributed by atoms with van der Waals surface area (Å²) >= 11 is 0. The molecule has 1 aliphatic rings. The highest BCUT2D eigenvalue weighted by atomic mass is 19.4. The second kappa shape index (κ2) is 9.16. The molecule has 0 saturated heterocycles. The number of hydrogen-bond acceptors (Lipinski definition) is 4. The predicted molar refractivity (Wildman–Crippen MR) is 84.3 cm³/mol. The van der Waals surface area contributed by atoms with Crippen LogP contribution in [-0.2, 0) is 9.53 Å². The van der Waals surface area contributed by atoms with Crippen molar-refractivity contribution >= 4 is 5.91 Å². The van der Waals surface area contributed by atoms with Gasteiger partial charge < -0.3 is 19.9 Å². The van der Waals surface area contributed by atoms with Crippen LogP contribution in [0.1, 0.15) is 30.9 Å². The summed E-state index contributed by atoms with van der Waals surface area (Å²) in [6.07, 6.45) is -8.26. The van der Waals surface area contributed by atoms with E-state index in [-0.39, 0.29) is 24.2 Å². The van der Waals surface area contributed by atoms with Gasteiger partial charge in [0.15, 0.2) is 0 Å². The molecule has 0 radical (unpaired) electrons.